The molecule has 1 amide bonds. The van der Waals surface area contributed by atoms with Crippen molar-refractivity contribution in [2.24, 2.45) is 0 Å². The van der Waals surface area contributed by atoms with Crippen LogP contribution in [-0.2, 0) is 9.84 Å². The fourth-order valence-corrected chi connectivity index (χ4v) is 5.36. The predicted molar refractivity (Wildman–Crippen MR) is 85.9 cm³/mol. The molecule has 1 heterocycles. The molecule has 1 fully saturated rings. The maximum Gasteiger partial charge on any atom is 0.256 e. The van der Waals surface area contributed by atoms with Crippen LogP contribution in [-0.4, -0.2) is 48.9 Å². The van der Waals surface area contributed by atoms with Gasteiger partial charge in [-0.3, -0.25) is 4.79 Å². The van der Waals surface area contributed by atoms with Gasteiger partial charge in [0, 0.05) is 28.8 Å². The molecular weight excluding hydrogens is 362 g/mol. The molecule has 1 aromatic carbocycles. The Bertz CT molecular complexity index is 631. The van der Waals surface area contributed by atoms with Gasteiger partial charge < -0.3 is 4.90 Å². The molecule has 1 atom stereocenters. The van der Waals surface area contributed by atoms with E-state index in [9.17, 15) is 13.2 Å². The number of hydrogen-bond acceptors (Lipinski definition) is 4. The Kier molecular flexibility index (Phi) is 4.81. The zero-order valence-corrected chi connectivity index (χ0v) is 14.5. The number of rotatable bonds is 2. The quantitative estimate of drug-likeness (QED) is 0.793. The minimum Gasteiger partial charge on any atom is -0.320 e. The number of carbonyl (C=O) groups is 1. The van der Waals surface area contributed by atoms with E-state index < -0.39 is 15.2 Å². The van der Waals surface area contributed by atoms with Crippen LogP contribution < -0.4 is 0 Å². The van der Waals surface area contributed by atoms with Crippen molar-refractivity contribution in [1.82, 2.24) is 4.90 Å². The van der Waals surface area contributed by atoms with Gasteiger partial charge in [-0.2, -0.15) is 11.8 Å². The molecule has 0 bridgehead atoms. The van der Waals surface area contributed by atoms with Crippen LogP contribution in [0.5, 0.6) is 0 Å². The third kappa shape index (κ3) is 3.38. The molecular formula is C13H16BrNO3S2. The van der Waals surface area contributed by atoms with Crippen molar-refractivity contribution in [3.8, 4) is 0 Å². The van der Waals surface area contributed by atoms with Crippen molar-refractivity contribution in [3.63, 3.8) is 0 Å². The Balaban J connectivity index is 2.37. The van der Waals surface area contributed by atoms with E-state index in [0.29, 0.717) is 22.3 Å². The monoisotopic (exact) mass is 377 g/mol. The lowest BCUT2D eigenvalue weighted by molar-refractivity contribution is 0.0748. The van der Waals surface area contributed by atoms with Crippen molar-refractivity contribution in [3.05, 3.63) is 33.8 Å². The molecule has 1 saturated heterocycles. The Morgan fingerprint density at radius 3 is 2.80 bits per heavy atom. The molecule has 0 saturated carbocycles. The molecule has 0 aromatic heterocycles. The second-order valence-corrected chi connectivity index (χ2v) is 9.05. The number of halogens is 1. The van der Waals surface area contributed by atoms with E-state index in [1.54, 1.807) is 17.8 Å². The largest absolute Gasteiger partial charge is 0.320 e. The van der Waals surface area contributed by atoms with E-state index in [1.165, 1.54) is 11.2 Å². The van der Waals surface area contributed by atoms with Crippen LogP contribution in [0, 0.1) is 6.92 Å². The molecule has 20 heavy (non-hydrogen) atoms. The van der Waals surface area contributed by atoms with Crippen LogP contribution in [0.1, 0.15) is 15.9 Å². The number of nitrogens with zero attached hydrogens (tertiary/aromatic N) is 1. The molecule has 0 spiro atoms. The molecule has 0 N–H and O–H groups in total. The van der Waals surface area contributed by atoms with E-state index in [1.807, 2.05) is 19.1 Å². The average Bonchev–Trinajstić information content (AvgIpc) is 2.40. The Morgan fingerprint density at radius 1 is 1.45 bits per heavy atom. The summed E-state index contributed by atoms with van der Waals surface area (Å²) in [4.78, 5) is 14.1. The van der Waals surface area contributed by atoms with Crippen LogP contribution in [0.25, 0.3) is 0 Å². The summed E-state index contributed by atoms with van der Waals surface area (Å²) >= 11 is 4.93. The highest BCUT2D eigenvalue weighted by Gasteiger charge is 2.35. The first-order valence-electron chi connectivity index (χ1n) is 6.14. The first kappa shape index (κ1) is 15.9. The summed E-state index contributed by atoms with van der Waals surface area (Å²) in [6, 6.07) is 5.51. The van der Waals surface area contributed by atoms with E-state index in [4.69, 9.17) is 0 Å². The van der Waals surface area contributed by atoms with Crippen molar-refractivity contribution < 1.29 is 13.2 Å². The molecule has 4 nitrogen and oxygen atoms in total. The number of thioether (sulfide) groups is 1. The summed E-state index contributed by atoms with van der Waals surface area (Å²) < 4.78 is 24.4. The fourth-order valence-electron chi connectivity index (χ4n) is 2.13. The predicted octanol–water partition coefficient (Wildman–Crippen LogP) is 2.32. The molecule has 0 aliphatic carbocycles. The maximum atomic E-state index is 12.7. The summed E-state index contributed by atoms with van der Waals surface area (Å²) in [6.07, 6.45) is 1.19. The Morgan fingerprint density at radius 2 is 2.15 bits per heavy atom. The van der Waals surface area contributed by atoms with Gasteiger partial charge in [-0.05, 0) is 35.0 Å². The number of carbonyl (C=O) groups excluding carboxylic acids is 1. The van der Waals surface area contributed by atoms with Gasteiger partial charge >= 0.3 is 0 Å². The number of benzene rings is 1. The van der Waals surface area contributed by atoms with Gasteiger partial charge in [0.05, 0.1) is 5.56 Å². The van der Waals surface area contributed by atoms with Gasteiger partial charge in [0.2, 0.25) is 0 Å². The smallest absolute Gasteiger partial charge is 0.256 e. The van der Waals surface area contributed by atoms with Crippen molar-refractivity contribution in [1.29, 1.82) is 0 Å². The second kappa shape index (κ2) is 6.07. The van der Waals surface area contributed by atoms with Gasteiger partial charge in [-0.1, -0.05) is 11.6 Å². The first-order chi connectivity index (χ1) is 9.30. The third-order valence-electron chi connectivity index (χ3n) is 3.19. The zero-order valence-electron chi connectivity index (χ0n) is 11.3. The first-order valence-corrected chi connectivity index (χ1v) is 10.0. The van der Waals surface area contributed by atoms with Crippen molar-refractivity contribution in [2.45, 2.75) is 12.3 Å². The normalized spacial score (nSPS) is 19.9. The van der Waals surface area contributed by atoms with Crippen LogP contribution in [0.15, 0.2) is 22.7 Å². The molecule has 7 heteroatoms. The number of amides is 1. The topological polar surface area (TPSA) is 54.5 Å². The van der Waals surface area contributed by atoms with E-state index in [-0.39, 0.29) is 5.91 Å². The standard InChI is InChI=1S/C13H16BrNO3S2/c1-9-3-4-11(14)10(7-9)13(16)15-5-6-19-8-12(15)20(2,17)18/h3-4,7,12H,5-6,8H2,1-2H3. The SMILES string of the molecule is Cc1ccc(Br)c(C(=O)N2CCSCC2S(C)(=O)=O)c1. The van der Waals surface area contributed by atoms with Gasteiger partial charge in [-0.25, -0.2) is 8.42 Å². The summed E-state index contributed by atoms with van der Waals surface area (Å²) in [5, 5.41) is -0.735. The maximum absolute atomic E-state index is 12.7. The molecule has 2 rings (SSSR count). The van der Waals surface area contributed by atoms with Gasteiger partial charge in [0.1, 0.15) is 5.37 Å². The lowest BCUT2D eigenvalue weighted by Crippen LogP contribution is -2.50. The summed E-state index contributed by atoms with van der Waals surface area (Å²) in [5.74, 6) is 0.978. The third-order valence-corrected chi connectivity index (χ3v) is 6.53. The Hall–Kier alpha value is -0.530. The van der Waals surface area contributed by atoms with Crippen LogP contribution in [0.3, 0.4) is 0 Å². The average molecular weight is 378 g/mol. The zero-order chi connectivity index (χ0) is 14.9. The van der Waals surface area contributed by atoms with Crippen LogP contribution in [0.4, 0.5) is 0 Å². The lowest BCUT2D eigenvalue weighted by atomic mass is 10.1. The van der Waals surface area contributed by atoms with Gasteiger partial charge in [0.25, 0.3) is 5.91 Å². The number of hydrogen-bond donors (Lipinski definition) is 0. The molecule has 1 aliphatic rings. The fraction of sp³-hybridized carbons (Fsp3) is 0.462. The van der Waals surface area contributed by atoms with Crippen LogP contribution >= 0.6 is 27.7 Å². The molecule has 0 radical (unpaired) electrons. The minimum absolute atomic E-state index is 0.226. The van der Waals surface area contributed by atoms with Gasteiger partial charge in [-0.15, -0.1) is 0 Å². The van der Waals surface area contributed by atoms with Crippen molar-refractivity contribution >= 4 is 43.4 Å². The highest BCUT2D eigenvalue weighted by Crippen LogP contribution is 2.26. The van der Waals surface area contributed by atoms with Gasteiger partial charge in [0.15, 0.2) is 9.84 Å². The highest BCUT2D eigenvalue weighted by molar-refractivity contribution is 9.10. The van der Waals surface area contributed by atoms with E-state index in [0.717, 1.165) is 11.3 Å². The Labute approximate surface area is 132 Å². The number of sulfone groups is 1. The molecule has 110 valence electrons. The summed E-state index contributed by atoms with van der Waals surface area (Å²) in [5.41, 5.74) is 1.49. The van der Waals surface area contributed by atoms with Crippen LogP contribution in [0.2, 0.25) is 0 Å². The molecule has 1 aromatic rings. The second-order valence-electron chi connectivity index (χ2n) is 4.84. The minimum atomic E-state index is -3.28. The number of aryl methyl sites for hydroxylation is 1. The van der Waals surface area contributed by atoms with E-state index >= 15 is 0 Å². The lowest BCUT2D eigenvalue weighted by Gasteiger charge is -2.34. The highest BCUT2D eigenvalue weighted by atomic mass is 79.9. The van der Waals surface area contributed by atoms with E-state index in [2.05, 4.69) is 15.9 Å². The molecule has 1 aliphatic heterocycles. The van der Waals surface area contributed by atoms with Crippen molar-refractivity contribution in [2.75, 3.05) is 24.3 Å². The molecule has 1 unspecified atom stereocenters. The summed E-state index contributed by atoms with van der Waals surface area (Å²) in [7, 11) is -3.28. The summed E-state index contributed by atoms with van der Waals surface area (Å²) in [6.45, 7) is 2.37.